The molecule has 0 aliphatic carbocycles. The van der Waals surface area contributed by atoms with E-state index < -0.39 is 23.0 Å². The van der Waals surface area contributed by atoms with Crippen molar-refractivity contribution in [3.63, 3.8) is 0 Å². The number of benzene rings is 1. The number of nitrogens with zero attached hydrogens (tertiary/aromatic N) is 2. The van der Waals surface area contributed by atoms with E-state index in [1.54, 1.807) is 28.8 Å². The van der Waals surface area contributed by atoms with Crippen LogP contribution in [-0.4, -0.2) is 62.5 Å². The molecule has 30 heavy (non-hydrogen) atoms. The summed E-state index contributed by atoms with van der Waals surface area (Å²) in [6, 6.07) is 5.46. The Kier molecular flexibility index (Phi) is 5.63. The number of halogens is 1. The fourth-order valence-electron chi connectivity index (χ4n) is 3.85. The fourth-order valence-corrected chi connectivity index (χ4v) is 6.14. The number of rotatable bonds is 5. The summed E-state index contributed by atoms with van der Waals surface area (Å²) in [6.45, 7) is 2.07. The van der Waals surface area contributed by atoms with Gasteiger partial charge in [-0.1, -0.05) is 18.2 Å². The lowest BCUT2D eigenvalue weighted by Crippen LogP contribution is -2.51. The summed E-state index contributed by atoms with van der Waals surface area (Å²) in [6.07, 6.45) is 2.53. The Morgan fingerprint density at radius 3 is 2.87 bits per heavy atom. The highest BCUT2D eigenvalue weighted by Crippen LogP contribution is 2.47. The molecule has 3 saturated heterocycles. The topological polar surface area (TPSA) is 86.8 Å². The van der Waals surface area contributed by atoms with Gasteiger partial charge in [0.25, 0.3) is 11.1 Å². The maximum absolute atomic E-state index is 13.8. The number of hydrogen-bond acceptors (Lipinski definition) is 6. The highest BCUT2D eigenvalue weighted by molar-refractivity contribution is 8.18. The van der Waals surface area contributed by atoms with Gasteiger partial charge in [0.15, 0.2) is 0 Å². The van der Waals surface area contributed by atoms with E-state index in [1.807, 2.05) is 6.92 Å². The minimum atomic E-state index is -0.536. The molecule has 7 nitrogen and oxygen atoms in total. The van der Waals surface area contributed by atoms with Crippen LogP contribution in [0.25, 0.3) is 6.08 Å². The molecule has 3 aliphatic rings. The van der Waals surface area contributed by atoms with Crippen molar-refractivity contribution in [1.82, 2.24) is 15.1 Å². The number of amides is 4. The van der Waals surface area contributed by atoms with Gasteiger partial charge in [0.2, 0.25) is 11.8 Å². The molecule has 0 aromatic heterocycles. The Bertz CT molecular complexity index is 969. The van der Waals surface area contributed by atoms with E-state index in [0.29, 0.717) is 12.2 Å². The Hall–Kier alpha value is -2.33. The first-order valence-corrected chi connectivity index (χ1v) is 11.3. The van der Waals surface area contributed by atoms with Crippen molar-refractivity contribution in [2.24, 2.45) is 0 Å². The lowest BCUT2D eigenvalue weighted by molar-refractivity contribution is -0.137. The van der Waals surface area contributed by atoms with E-state index in [2.05, 4.69) is 5.32 Å². The SMILES string of the molecule is C[C@]12CCC(=O)N1[C@H](C(=O)NCCN1C(=O)S/C(=C\c3ccccc3F)C1=O)CS2. The minimum absolute atomic E-state index is 0.0100. The van der Waals surface area contributed by atoms with E-state index >= 15 is 0 Å². The smallest absolute Gasteiger partial charge is 0.293 e. The maximum atomic E-state index is 13.8. The zero-order valence-electron chi connectivity index (χ0n) is 16.2. The van der Waals surface area contributed by atoms with Gasteiger partial charge in [-0.2, -0.15) is 0 Å². The number of imide groups is 1. The third-order valence-corrected chi connectivity index (χ3v) is 7.86. The predicted octanol–water partition coefficient (Wildman–Crippen LogP) is 2.43. The van der Waals surface area contributed by atoms with Gasteiger partial charge in [-0.05, 0) is 37.2 Å². The molecule has 158 valence electrons. The first-order valence-electron chi connectivity index (χ1n) is 9.54. The molecule has 0 saturated carbocycles. The molecule has 3 aliphatic heterocycles. The summed E-state index contributed by atoms with van der Waals surface area (Å²) in [7, 11) is 0. The van der Waals surface area contributed by atoms with Crippen molar-refractivity contribution in [2.45, 2.75) is 30.7 Å². The maximum Gasteiger partial charge on any atom is 0.293 e. The monoisotopic (exact) mass is 449 g/mol. The van der Waals surface area contributed by atoms with Gasteiger partial charge in [-0.15, -0.1) is 11.8 Å². The summed E-state index contributed by atoms with van der Waals surface area (Å²) in [5, 5.41) is 2.27. The van der Waals surface area contributed by atoms with Crippen LogP contribution in [0.1, 0.15) is 25.3 Å². The molecule has 3 heterocycles. The number of thioether (sulfide) groups is 2. The third-order valence-electron chi connectivity index (χ3n) is 5.45. The zero-order valence-corrected chi connectivity index (χ0v) is 17.9. The van der Waals surface area contributed by atoms with Crippen molar-refractivity contribution in [2.75, 3.05) is 18.8 Å². The molecule has 4 rings (SSSR count). The first-order chi connectivity index (χ1) is 14.3. The summed E-state index contributed by atoms with van der Waals surface area (Å²) in [5.74, 6) is -0.765. The molecule has 0 unspecified atom stereocenters. The van der Waals surface area contributed by atoms with Gasteiger partial charge in [0.1, 0.15) is 11.9 Å². The number of hydrogen-bond donors (Lipinski definition) is 1. The van der Waals surface area contributed by atoms with Crippen LogP contribution in [0.5, 0.6) is 0 Å². The van der Waals surface area contributed by atoms with E-state index in [9.17, 15) is 23.6 Å². The number of nitrogens with one attached hydrogen (secondary N) is 1. The molecule has 0 bridgehead atoms. The molecule has 1 N–H and O–H groups in total. The second-order valence-electron chi connectivity index (χ2n) is 7.41. The van der Waals surface area contributed by atoms with Crippen LogP contribution in [0.3, 0.4) is 0 Å². The van der Waals surface area contributed by atoms with Crippen LogP contribution in [0, 0.1) is 5.82 Å². The van der Waals surface area contributed by atoms with Crippen molar-refractivity contribution in [3.05, 3.63) is 40.6 Å². The average molecular weight is 450 g/mol. The summed E-state index contributed by atoms with van der Waals surface area (Å²) in [4.78, 5) is 52.0. The molecule has 0 spiro atoms. The predicted molar refractivity (Wildman–Crippen MR) is 113 cm³/mol. The highest BCUT2D eigenvalue weighted by atomic mass is 32.2. The van der Waals surface area contributed by atoms with Crippen LogP contribution in [0.2, 0.25) is 0 Å². The van der Waals surface area contributed by atoms with Gasteiger partial charge in [0.05, 0.1) is 9.78 Å². The molecule has 10 heteroatoms. The van der Waals surface area contributed by atoms with Gasteiger partial charge in [-0.25, -0.2) is 4.39 Å². The number of fused-ring (bicyclic) bond motifs is 1. The Labute approximate surface area is 181 Å². The average Bonchev–Trinajstić information content (AvgIpc) is 3.30. The number of carbonyl (C=O) groups excluding carboxylic acids is 4. The first kappa shape index (κ1) is 20.9. The zero-order chi connectivity index (χ0) is 21.5. The third kappa shape index (κ3) is 3.74. The normalized spacial score (nSPS) is 27.3. The molecule has 3 fully saturated rings. The molecule has 0 radical (unpaired) electrons. The molecular weight excluding hydrogens is 429 g/mol. The van der Waals surface area contributed by atoms with Crippen molar-refractivity contribution in [1.29, 1.82) is 0 Å². The Morgan fingerprint density at radius 2 is 2.10 bits per heavy atom. The number of carbonyl (C=O) groups is 4. The lowest BCUT2D eigenvalue weighted by atomic mass is 10.2. The van der Waals surface area contributed by atoms with E-state index in [4.69, 9.17) is 0 Å². The molecule has 1 aromatic carbocycles. The second kappa shape index (κ2) is 8.07. The van der Waals surface area contributed by atoms with Gasteiger partial charge < -0.3 is 10.2 Å². The van der Waals surface area contributed by atoms with Gasteiger partial charge in [0, 0.05) is 30.8 Å². The fraction of sp³-hybridized carbons (Fsp3) is 0.400. The van der Waals surface area contributed by atoms with E-state index in [1.165, 1.54) is 18.2 Å². The Balaban J connectivity index is 1.35. The van der Waals surface area contributed by atoms with Crippen LogP contribution in [0.15, 0.2) is 29.2 Å². The summed E-state index contributed by atoms with van der Waals surface area (Å²) < 4.78 is 13.8. The second-order valence-corrected chi connectivity index (χ2v) is 9.91. The van der Waals surface area contributed by atoms with Gasteiger partial charge >= 0.3 is 0 Å². The van der Waals surface area contributed by atoms with E-state index in [0.717, 1.165) is 23.1 Å². The van der Waals surface area contributed by atoms with E-state index in [-0.39, 0.29) is 40.2 Å². The van der Waals surface area contributed by atoms with Gasteiger partial charge in [-0.3, -0.25) is 24.1 Å². The van der Waals surface area contributed by atoms with Crippen LogP contribution in [-0.2, 0) is 14.4 Å². The molecule has 1 aromatic rings. The highest BCUT2D eigenvalue weighted by Gasteiger charge is 2.52. The van der Waals surface area contributed by atoms with Crippen LogP contribution >= 0.6 is 23.5 Å². The molecule has 2 atom stereocenters. The minimum Gasteiger partial charge on any atom is -0.352 e. The molecule has 4 amide bonds. The summed E-state index contributed by atoms with van der Waals surface area (Å²) in [5.41, 5.74) is 0.230. The van der Waals surface area contributed by atoms with Crippen molar-refractivity contribution < 1.29 is 23.6 Å². The summed E-state index contributed by atoms with van der Waals surface area (Å²) >= 11 is 2.35. The lowest BCUT2D eigenvalue weighted by Gasteiger charge is -2.29. The van der Waals surface area contributed by atoms with Crippen molar-refractivity contribution in [3.8, 4) is 0 Å². The quantitative estimate of drug-likeness (QED) is 0.695. The largest absolute Gasteiger partial charge is 0.352 e. The van der Waals surface area contributed by atoms with Crippen molar-refractivity contribution >= 4 is 52.6 Å². The van der Waals surface area contributed by atoms with Crippen LogP contribution < -0.4 is 5.32 Å². The standard InChI is InChI=1S/C20H20FN3O4S2/c1-20-7-6-16(25)24(20)14(11-29-20)17(26)22-8-9-23-18(27)15(30-19(23)28)10-12-4-2-3-5-13(12)21/h2-5,10,14H,6-9,11H2,1H3,(H,22,26)/b15-10-/t14-,20-/m0/s1. The molecular formula is C20H20FN3O4S2. The Morgan fingerprint density at radius 1 is 1.33 bits per heavy atom. The van der Waals surface area contributed by atoms with Crippen LogP contribution in [0.4, 0.5) is 9.18 Å².